The predicted molar refractivity (Wildman–Crippen MR) is 93.1 cm³/mol. The molecule has 0 radical (unpaired) electrons. The van der Waals surface area contributed by atoms with Crippen molar-refractivity contribution in [3.05, 3.63) is 52.3 Å². The molecule has 0 bridgehead atoms. The van der Waals surface area contributed by atoms with E-state index in [2.05, 4.69) is 5.32 Å². The van der Waals surface area contributed by atoms with Crippen LogP contribution in [0.1, 0.15) is 28.8 Å². The van der Waals surface area contributed by atoms with Crippen molar-refractivity contribution in [3.8, 4) is 17.2 Å². The molecule has 2 aromatic carbocycles. The summed E-state index contributed by atoms with van der Waals surface area (Å²) in [4.78, 5) is 12.1. The fraction of sp³-hybridized carbons (Fsp3) is 0.316. The maximum absolute atomic E-state index is 13.8. The third-order valence-electron chi connectivity index (χ3n) is 4.26. The SMILES string of the molecule is COc1cc(C(C)CNC(=O)c2c(F)c(F)c(F)c(F)c2F)cc(OC)c1OC. The molecule has 0 aromatic heterocycles. The van der Waals surface area contributed by atoms with Gasteiger partial charge in [0.15, 0.2) is 34.8 Å². The molecule has 0 saturated carbocycles. The largest absolute Gasteiger partial charge is 0.493 e. The summed E-state index contributed by atoms with van der Waals surface area (Å²) >= 11 is 0. The fourth-order valence-corrected chi connectivity index (χ4v) is 2.64. The normalized spacial score (nSPS) is 11.8. The molecule has 1 amide bonds. The average molecular weight is 419 g/mol. The van der Waals surface area contributed by atoms with Gasteiger partial charge in [-0.25, -0.2) is 22.0 Å². The second-order valence-electron chi connectivity index (χ2n) is 6.01. The van der Waals surface area contributed by atoms with Gasteiger partial charge >= 0.3 is 0 Å². The Labute approximate surface area is 163 Å². The minimum Gasteiger partial charge on any atom is -0.493 e. The molecule has 0 fully saturated rings. The molecule has 29 heavy (non-hydrogen) atoms. The monoisotopic (exact) mass is 419 g/mol. The van der Waals surface area contributed by atoms with Crippen LogP contribution in [0.25, 0.3) is 0 Å². The number of rotatable bonds is 7. The van der Waals surface area contributed by atoms with E-state index < -0.39 is 46.5 Å². The van der Waals surface area contributed by atoms with Crippen molar-refractivity contribution in [2.24, 2.45) is 0 Å². The lowest BCUT2D eigenvalue weighted by Gasteiger charge is -2.18. The molecule has 0 aliphatic rings. The smallest absolute Gasteiger partial charge is 0.257 e. The topological polar surface area (TPSA) is 56.8 Å². The van der Waals surface area contributed by atoms with Gasteiger partial charge < -0.3 is 19.5 Å². The Kier molecular flexibility index (Phi) is 6.89. The molecule has 1 unspecified atom stereocenters. The Morgan fingerprint density at radius 1 is 0.862 bits per heavy atom. The highest BCUT2D eigenvalue weighted by Gasteiger charge is 2.30. The lowest BCUT2D eigenvalue weighted by Crippen LogP contribution is -2.30. The molecule has 1 atom stereocenters. The zero-order valence-corrected chi connectivity index (χ0v) is 16.0. The van der Waals surface area contributed by atoms with Gasteiger partial charge in [0.2, 0.25) is 11.6 Å². The van der Waals surface area contributed by atoms with E-state index in [1.807, 2.05) is 0 Å². The van der Waals surface area contributed by atoms with Crippen molar-refractivity contribution in [1.82, 2.24) is 5.32 Å². The quantitative estimate of drug-likeness (QED) is 0.420. The van der Waals surface area contributed by atoms with Gasteiger partial charge in [-0.2, -0.15) is 0 Å². The molecule has 10 heteroatoms. The van der Waals surface area contributed by atoms with Gasteiger partial charge in [-0.15, -0.1) is 0 Å². The summed E-state index contributed by atoms with van der Waals surface area (Å²) in [5, 5.41) is 2.17. The van der Waals surface area contributed by atoms with Crippen LogP contribution in [-0.4, -0.2) is 33.8 Å². The van der Waals surface area contributed by atoms with Crippen LogP contribution in [-0.2, 0) is 0 Å². The highest BCUT2D eigenvalue weighted by molar-refractivity contribution is 5.94. The molecule has 0 spiro atoms. The van der Waals surface area contributed by atoms with Gasteiger partial charge in [-0.05, 0) is 23.6 Å². The van der Waals surface area contributed by atoms with E-state index in [0.717, 1.165) is 0 Å². The average Bonchev–Trinajstić information content (AvgIpc) is 2.73. The Balaban J connectivity index is 2.26. The Bertz CT molecular complexity index is 881. The molecular formula is C19H18F5NO4. The number of methoxy groups -OCH3 is 3. The number of hydrogen-bond donors (Lipinski definition) is 1. The molecule has 1 N–H and O–H groups in total. The predicted octanol–water partition coefficient (Wildman–Crippen LogP) is 3.94. The van der Waals surface area contributed by atoms with Crippen molar-refractivity contribution in [1.29, 1.82) is 0 Å². The number of benzene rings is 2. The summed E-state index contributed by atoms with van der Waals surface area (Å²) in [6.07, 6.45) is 0. The van der Waals surface area contributed by atoms with E-state index in [4.69, 9.17) is 14.2 Å². The first-order valence-electron chi connectivity index (χ1n) is 8.27. The summed E-state index contributed by atoms with van der Waals surface area (Å²) < 4.78 is 82.8. The van der Waals surface area contributed by atoms with Crippen LogP contribution < -0.4 is 19.5 Å². The summed E-state index contributed by atoms with van der Waals surface area (Å²) in [6, 6.07) is 3.22. The molecule has 0 aliphatic heterocycles. The first-order chi connectivity index (χ1) is 13.7. The lowest BCUT2D eigenvalue weighted by molar-refractivity contribution is 0.0940. The van der Waals surface area contributed by atoms with Gasteiger partial charge in [0, 0.05) is 6.54 Å². The molecule has 0 heterocycles. The summed E-state index contributed by atoms with van der Waals surface area (Å²) in [6.45, 7) is 1.50. The molecule has 0 saturated heterocycles. The van der Waals surface area contributed by atoms with Crippen LogP contribution >= 0.6 is 0 Å². The number of carbonyl (C=O) groups is 1. The zero-order chi connectivity index (χ0) is 21.9. The zero-order valence-electron chi connectivity index (χ0n) is 16.0. The molecule has 2 rings (SSSR count). The van der Waals surface area contributed by atoms with Gasteiger partial charge in [-0.3, -0.25) is 4.79 Å². The van der Waals surface area contributed by atoms with Gasteiger partial charge in [0.05, 0.1) is 21.3 Å². The molecule has 0 aliphatic carbocycles. The van der Waals surface area contributed by atoms with Crippen molar-refractivity contribution in [2.45, 2.75) is 12.8 Å². The van der Waals surface area contributed by atoms with E-state index in [9.17, 15) is 26.7 Å². The first kappa shape index (κ1) is 22.3. The second-order valence-corrected chi connectivity index (χ2v) is 6.01. The summed E-state index contributed by atoms with van der Waals surface area (Å²) in [5.74, 6) is -11.9. The molecular weight excluding hydrogens is 401 g/mol. The maximum atomic E-state index is 13.8. The Morgan fingerprint density at radius 2 is 1.31 bits per heavy atom. The molecule has 158 valence electrons. The van der Waals surface area contributed by atoms with Crippen molar-refractivity contribution >= 4 is 5.91 Å². The maximum Gasteiger partial charge on any atom is 0.257 e. The van der Waals surface area contributed by atoms with E-state index in [1.165, 1.54) is 21.3 Å². The van der Waals surface area contributed by atoms with E-state index >= 15 is 0 Å². The number of carbonyl (C=O) groups excluding carboxylic acids is 1. The van der Waals surface area contributed by atoms with E-state index in [-0.39, 0.29) is 6.54 Å². The third-order valence-corrected chi connectivity index (χ3v) is 4.26. The fourth-order valence-electron chi connectivity index (χ4n) is 2.64. The van der Waals surface area contributed by atoms with Crippen LogP contribution in [0.4, 0.5) is 22.0 Å². The van der Waals surface area contributed by atoms with E-state index in [1.54, 1.807) is 19.1 Å². The Hall–Kier alpha value is -3.04. The third kappa shape index (κ3) is 4.20. The number of halogens is 5. The van der Waals surface area contributed by atoms with Crippen LogP contribution in [0.5, 0.6) is 17.2 Å². The highest BCUT2D eigenvalue weighted by Crippen LogP contribution is 2.39. The highest BCUT2D eigenvalue weighted by atomic mass is 19.2. The van der Waals surface area contributed by atoms with E-state index in [0.29, 0.717) is 22.8 Å². The van der Waals surface area contributed by atoms with Gasteiger partial charge in [0.25, 0.3) is 5.91 Å². The lowest BCUT2D eigenvalue weighted by atomic mass is 9.99. The van der Waals surface area contributed by atoms with Crippen LogP contribution in [0.3, 0.4) is 0 Å². The standard InChI is InChI=1S/C19H18F5NO4/c1-8(9-5-10(27-2)18(29-4)11(6-9)28-3)7-25-19(26)12-13(20)15(22)17(24)16(23)14(12)21/h5-6,8H,7H2,1-4H3,(H,25,26). The van der Waals surface area contributed by atoms with Crippen LogP contribution in [0.15, 0.2) is 12.1 Å². The van der Waals surface area contributed by atoms with Gasteiger partial charge in [-0.1, -0.05) is 6.92 Å². The van der Waals surface area contributed by atoms with Crippen molar-refractivity contribution < 1.29 is 41.0 Å². The molecule has 5 nitrogen and oxygen atoms in total. The second kappa shape index (κ2) is 8.97. The van der Waals surface area contributed by atoms with Gasteiger partial charge in [0.1, 0.15) is 5.56 Å². The van der Waals surface area contributed by atoms with Crippen molar-refractivity contribution in [3.63, 3.8) is 0 Å². The number of amides is 1. The van der Waals surface area contributed by atoms with Crippen molar-refractivity contribution in [2.75, 3.05) is 27.9 Å². The summed E-state index contributed by atoms with van der Waals surface area (Å²) in [5.41, 5.74) is -0.935. The summed E-state index contributed by atoms with van der Waals surface area (Å²) in [7, 11) is 4.25. The minimum atomic E-state index is -2.33. The number of hydrogen-bond acceptors (Lipinski definition) is 4. The first-order valence-corrected chi connectivity index (χ1v) is 8.27. The van der Waals surface area contributed by atoms with Crippen LogP contribution in [0, 0.1) is 29.1 Å². The van der Waals surface area contributed by atoms with Crippen LogP contribution in [0.2, 0.25) is 0 Å². The number of nitrogens with one attached hydrogen (secondary N) is 1. The Morgan fingerprint density at radius 3 is 1.72 bits per heavy atom. The minimum absolute atomic E-state index is 0.170. The number of ether oxygens (including phenoxy) is 3. The molecule has 2 aromatic rings.